The smallest absolute Gasteiger partial charge is 0.232 e. The number of carbonyl (C=O) groups is 1. The highest BCUT2D eigenvalue weighted by molar-refractivity contribution is 5.76. The molecule has 1 fully saturated rings. The monoisotopic (exact) mass is 295 g/mol. The SMILES string of the molecule is CN(C)C(=O)CCNc1nc(N)nc(N2CCOCC2)n1. The molecule has 1 aromatic heterocycles. The van der Waals surface area contributed by atoms with Gasteiger partial charge in [0.25, 0.3) is 0 Å². The van der Waals surface area contributed by atoms with Crippen LogP contribution in [0.15, 0.2) is 0 Å². The van der Waals surface area contributed by atoms with Gasteiger partial charge in [-0.25, -0.2) is 0 Å². The summed E-state index contributed by atoms with van der Waals surface area (Å²) >= 11 is 0. The van der Waals surface area contributed by atoms with Gasteiger partial charge in [-0.1, -0.05) is 0 Å². The molecule has 21 heavy (non-hydrogen) atoms. The lowest BCUT2D eigenvalue weighted by Gasteiger charge is -2.26. The van der Waals surface area contributed by atoms with Crippen molar-refractivity contribution in [3.63, 3.8) is 0 Å². The molecule has 0 unspecified atom stereocenters. The second-order valence-corrected chi connectivity index (χ2v) is 4.88. The van der Waals surface area contributed by atoms with Crippen LogP contribution < -0.4 is 16.0 Å². The van der Waals surface area contributed by atoms with Crippen LogP contribution >= 0.6 is 0 Å². The number of ether oxygens (including phenoxy) is 1. The van der Waals surface area contributed by atoms with Gasteiger partial charge in [-0.3, -0.25) is 4.79 Å². The molecular formula is C12H21N7O2. The van der Waals surface area contributed by atoms with Crippen LogP contribution in [-0.4, -0.2) is 72.7 Å². The molecule has 2 rings (SSSR count). The van der Waals surface area contributed by atoms with Crippen molar-refractivity contribution in [1.82, 2.24) is 19.9 Å². The molecule has 0 spiro atoms. The second-order valence-electron chi connectivity index (χ2n) is 4.88. The summed E-state index contributed by atoms with van der Waals surface area (Å²) in [4.78, 5) is 27.5. The fraction of sp³-hybridized carbons (Fsp3) is 0.667. The summed E-state index contributed by atoms with van der Waals surface area (Å²) in [5, 5.41) is 3.00. The highest BCUT2D eigenvalue weighted by atomic mass is 16.5. The lowest BCUT2D eigenvalue weighted by atomic mass is 10.4. The summed E-state index contributed by atoms with van der Waals surface area (Å²) in [6.07, 6.45) is 0.367. The topological polar surface area (TPSA) is 110 Å². The zero-order valence-corrected chi connectivity index (χ0v) is 12.4. The van der Waals surface area contributed by atoms with E-state index in [9.17, 15) is 4.79 Å². The summed E-state index contributed by atoms with van der Waals surface area (Å²) in [5.74, 6) is 1.12. The number of nitrogens with zero attached hydrogens (tertiary/aromatic N) is 5. The van der Waals surface area contributed by atoms with E-state index < -0.39 is 0 Å². The van der Waals surface area contributed by atoms with Crippen molar-refractivity contribution in [1.29, 1.82) is 0 Å². The number of anilines is 3. The Kier molecular flexibility index (Phi) is 5.09. The van der Waals surface area contributed by atoms with E-state index in [-0.39, 0.29) is 11.9 Å². The van der Waals surface area contributed by atoms with Crippen LogP contribution in [0.5, 0.6) is 0 Å². The van der Waals surface area contributed by atoms with Gasteiger partial charge in [-0.15, -0.1) is 0 Å². The maximum atomic E-state index is 11.5. The third-order valence-corrected chi connectivity index (χ3v) is 3.06. The first-order valence-electron chi connectivity index (χ1n) is 6.84. The molecule has 1 aliphatic rings. The summed E-state index contributed by atoms with van der Waals surface area (Å²) < 4.78 is 5.29. The van der Waals surface area contributed by atoms with E-state index in [1.54, 1.807) is 19.0 Å². The summed E-state index contributed by atoms with van der Waals surface area (Å²) in [5.41, 5.74) is 5.71. The first-order valence-corrected chi connectivity index (χ1v) is 6.84. The normalized spacial score (nSPS) is 14.9. The van der Waals surface area contributed by atoms with Crippen LogP contribution in [0.3, 0.4) is 0 Å². The van der Waals surface area contributed by atoms with E-state index in [4.69, 9.17) is 10.5 Å². The lowest BCUT2D eigenvalue weighted by molar-refractivity contribution is -0.128. The third kappa shape index (κ3) is 4.42. The number of morpholine rings is 1. The summed E-state index contributed by atoms with van der Waals surface area (Å²) in [7, 11) is 3.44. The number of amides is 1. The van der Waals surface area contributed by atoms with Crippen LogP contribution in [0.4, 0.5) is 17.8 Å². The van der Waals surface area contributed by atoms with Crippen molar-refractivity contribution in [2.24, 2.45) is 0 Å². The number of nitrogens with one attached hydrogen (secondary N) is 1. The largest absolute Gasteiger partial charge is 0.378 e. The zero-order chi connectivity index (χ0) is 15.2. The molecule has 3 N–H and O–H groups in total. The van der Waals surface area contributed by atoms with Crippen LogP contribution in [0.2, 0.25) is 0 Å². The first-order chi connectivity index (χ1) is 10.1. The van der Waals surface area contributed by atoms with E-state index in [2.05, 4.69) is 20.3 Å². The minimum atomic E-state index is 0.0398. The Bertz CT molecular complexity index is 488. The van der Waals surface area contributed by atoms with Gasteiger partial charge in [0.05, 0.1) is 13.2 Å². The van der Waals surface area contributed by atoms with Crippen molar-refractivity contribution in [2.45, 2.75) is 6.42 Å². The van der Waals surface area contributed by atoms with Crippen LogP contribution in [0.25, 0.3) is 0 Å². The van der Waals surface area contributed by atoms with Crippen molar-refractivity contribution in [3.8, 4) is 0 Å². The highest BCUT2D eigenvalue weighted by Crippen LogP contribution is 2.13. The van der Waals surface area contributed by atoms with Gasteiger partial charge >= 0.3 is 0 Å². The van der Waals surface area contributed by atoms with Crippen molar-refractivity contribution in [3.05, 3.63) is 0 Å². The van der Waals surface area contributed by atoms with Gasteiger partial charge in [-0.05, 0) is 0 Å². The summed E-state index contributed by atoms with van der Waals surface area (Å²) in [6, 6.07) is 0. The second kappa shape index (κ2) is 7.02. The van der Waals surface area contributed by atoms with Crippen molar-refractivity contribution < 1.29 is 9.53 Å². The quantitative estimate of drug-likeness (QED) is 0.725. The van der Waals surface area contributed by atoms with E-state index in [0.717, 1.165) is 13.1 Å². The Morgan fingerprint density at radius 1 is 1.33 bits per heavy atom. The molecule has 116 valence electrons. The molecule has 2 heterocycles. The molecular weight excluding hydrogens is 274 g/mol. The molecule has 1 aromatic rings. The Morgan fingerprint density at radius 2 is 2.05 bits per heavy atom. The maximum Gasteiger partial charge on any atom is 0.232 e. The standard InChI is InChI=1S/C12H21N7O2/c1-18(2)9(20)3-4-14-11-15-10(13)16-12(17-11)19-5-7-21-8-6-19/h3-8H2,1-2H3,(H3,13,14,15,16,17). The van der Waals surface area contributed by atoms with Crippen molar-refractivity contribution in [2.75, 3.05) is 62.9 Å². The maximum absolute atomic E-state index is 11.5. The third-order valence-electron chi connectivity index (χ3n) is 3.06. The number of hydrogen-bond acceptors (Lipinski definition) is 8. The van der Waals surface area contributed by atoms with E-state index >= 15 is 0 Å². The molecule has 1 saturated heterocycles. The fourth-order valence-electron chi connectivity index (χ4n) is 1.87. The minimum Gasteiger partial charge on any atom is -0.378 e. The molecule has 9 nitrogen and oxygen atoms in total. The molecule has 0 radical (unpaired) electrons. The van der Waals surface area contributed by atoms with Gasteiger partial charge < -0.3 is 25.6 Å². The molecule has 1 amide bonds. The Morgan fingerprint density at radius 3 is 2.71 bits per heavy atom. The van der Waals surface area contributed by atoms with Crippen molar-refractivity contribution >= 4 is 23.8 Å². The van der Waals surface area contributed by atoms with Gasteiger partial charge in [0, 0.05) is 40.2 Å². The van der Waals surface area contributed by atoms with Gasteiger partial charge in [0.1, 0.15) is 0 Å². The number of rotatable bonds is 5. The van der Waals surface area contributed by atoms with Crippen LogP contribution in [0, 0.1) is 0 Å². The molecule has 0 aliphatic carbocycles. The zero-order valence-electron chi connectivity index (χ0n) is 12.4. The van der Waals surface area contributed by atoms with E-state index in [0.29, 0.717) is 38.1 Å². The molecule has 9 heteroatoms. The van der Waals surface area contributed by atoms with Gasteiger partial charge in [0.15, 0.2) is 0 Å². The Balaban J connectivity index is 1.96. The molecule has 0 aromatic carbocycles. The predicted octanol–water partition coefficient (Wildman–Crippen LogP) is -0.819. The average Bonchev–Trinajstić information content (AvgIpc) is 2.47. The number of nitrogen functional groups attached to an aromatic ring is 1. The van der Waals surface area contributed by atoms with Crippen LogP contribution in [-0.2, 0) is 9.53 Å². The van der Waals surface area contributed by atoms with E-state index in [1.165, 1.54) is 0 Å². The first kappa shape index (κ1) is 15.2. The summed E-state index contributed by atoms with van der Waals surface area (Å²) in [6.45, 7) is 3.18. The van der Waals surface area contributed by atoms with Crippen LogP contribution in [0.1, 0.15) is 6.42 Å². The number of aromatic nitrogens is 3. The number of carbonyl (C=O) groups excluding carboxylic acids is 1. The lowest BCUT2D eigenvalue weighted by Crippen LogP contribution is -2.37. The van der Waals surface area contributed by atoms with Gasteiger partial charge in [-0.2, -0.15) is 15.0 Å². The predicted molar refractivity (Wildman–Crippen MR) is 79.1 cm³/mol. The number of hydrogen-bond donors (Lipinski definition) is 2. The Hall–Kier alpha value is -2.16. The fourth-order valence-corrected chi connectivity index (χ4v) is 1.87. The Labute approximate surface area is 123 Å². The minimum absolute atomic E-state index is 0.0398. The van der Waals surface area contributed by atoms with Gasteiger partial charge in [0.2, 0.25) is 23.8 Å². The molecule has 1 aliphatic heterocycles. The molecule has 0 saturated carbocycles. The highest BCUT2D eigenvalue weighted by Gasteiger charge is 2.15. The average molecular weight is 295 g/mol. The molecule has 0 bridgehead atoms. The number of nitrogens with two attached hydrogens (primary N) is 1. The van der Waals surface area contributed by atoms with E-state index in [1.807, 2.05) is 4.90 Å². The molecule has 0 atom stereocenters.